The van der Waals surface area contributed by atoms with E-state index in [4.69, 9.17) is 5.53 Å². The van der Waals surface area contributed by atoms with Crippen molar-refractivity contribution in [3.63, 3.8) is 0 Å². The quantitative estimate of drug-likeness (QED) is 0.343. The Morgan fingerprint density at radius 3 is 2.65 bits per heavy atom. The minimum Gasteiger partial charge on any atom is -0.258 e. The molecule has 0 bridgehead atoms. The van der Waals surface area contributed by atoms with Crippen LogP contribution in [0.3, 0.4) is 0 Å². The Kier molecular flexibility index (Phi) is 2.53. The van der Waals surface area contributed by atoms with E-state index in [2.05, 4.69) is 14.8 Å². The third kappa shape index (κ3) is 1.62. The number of nitrogens with zero attached hydrogens (tertiary/aromatic N) is 4. The molecule has 1 aliphatic heterocycles. The number of aryl methyl sites for hydroxylation is 1. The van der Waals surface area contributed by atoms with Gasteiger partial charge in [0.2, 0.25) is 0 Å². The Morgan fingerprint density at radius 2 is 2.12 bits per heavy atom. The first kappa shape index (κ1) is 11.1. The highest BCUT2D eigenvalue weighted by atomic mass is 16.6. The van der Waals surface area contributed by atoms with Gasteiger partial charge in [0, 0.05) is 11.6 Å². The predicted octanol–water partition coefficient (Wildman–Crippen LogP) is 0.314. The van der Waals surface area contributed by atoms with E-state index in [9.17, 15) is 10.1 Å². The Hall–Kier alpha value is -2.40. The summed E-state index contributed by atoms with van der Waals surface area (Å²) < 4.78 is 0. The smallest absolute Gasteiger partial charge is 0.258 e. The van der Waals surface area contributed by atoms with E-state index in [0.717, 1.165) is 0 Å². The van der Waals surface area contributed by atoms with Crippen molar-refractivity contribution < 1.29 is 9.71 Å². The van der Waals surface area contributed by atoms with Crippen LogP contribution in [0.5, 0.6) is 0 Å². The number of hydrogen-bond acceptors (Lipinski definition) is 3. The zero-order valence-corrected chi connectivity index (χ0v) is 9.39. The molecule has 7 heteroatoms. The number of benzene rings is 1. The number of fused-ring (bicyclic) bond motifs is 1. The second-order valence-corrected chi connectivity index (χ2v) is 3.63. The van der Waals surface area contributed by atoms with Gasteiger partial charge >= 0.3 is 5.96 Å². The van der Waals surface area contributed by atoms with E-state index in [1.54, 1.807) is 6.92 Å². The van der Waals surface area contributed by atoms with Crippen LogP contribution < -0.4 is 10.7 Å². The summed E-state index contributed by atoms with van der Waals surface area (Å²) in [5, 5.41) is 12.0. The average Bonchev–Trinajstić information content (AvgIpc) is 2.73. The van der Waals surface area contributed by atoms with E-state index < -0.39 is 4.92 Å². The van der Waals surface area contributed by atoms with E-state index in [-0.39, 0.29) is 11.6 Å². The van der Waals surface area contributed by atoms with Gasteiger partial charge in [-0.2, -0.15) is 0 Å². The van der Waals surface area contributed by atoms with Gasteiger partial charge in [0.25, 0.3) is 5.69 Å². The van der Waals surface area contributed by atoms with Crippen LogP contribution in [0.2, 0.25) is 0 Å². The number of nitro groups is 1. The molecule has 17 heavy (non-hydrogen) atoms. The van der Waals surface area contributed by atoms with Crippen LogP contribution in [0.1, 0.15) is 18.1 Å². The van der Waals surface area contributed by atoms with Crippen LogP contribution in [-0.4, -0.2) is 15.7 Å². The third-order valence-corrected chi connectivity index (χ3v) is 2.62. The molecule has 0 saturated carbocycles. The van der Waals surface area contributed by atoms with Crippen LogP contribution in [0.25, 0.3) is 0 Å². The van der Waals surface area contributed by atoms with Gasteiger partial charge in [-0.15, -0.1) is 4.79 Å². The number of nitrogens with one attached hydrogen (secondary N) is 1. The molecule has 0 radical (unpaired) electrons. The lowest BCUT2D eigenvalue weighted by atomic mass is 10.1. The van der Waals surface area contributed by atoms with Crippen LogP contribution in [-0.2, 0) is 6.42 Å². The second kappa shape index (κ2) is 3.88. The van der Waals surface area contributed by atoms with Crippen molar-refractivity contribution in [2.45, 2.75) is 20.3 Å². The van der Waals surface area contributed by atoms with E-state index in [1.807, 2.05) is 6.92 Å². The lowest BCUT2D eigenvalue weighted by Crippen LogP contribution is -2.29. The molecule has 1 heterocycles. The van der Waals surface area contributed by atoms with Gasteiger partial charge in [0.15, 0.2) is 10.7 Å². The molecule has 0 spiro atoms. The number of rotatable bonds is 2. The molecule has 0 atom stereocenters. The van der Waals surface area contributed by atoms with Crippen molar-refractivity contribution in [2.24, 2.45) is 9.98 Å². The molecular formula is C10H10N5O2+. The molecular weight excluding hydrogens is 222 g/mol. The molecule has 0 unspecified atom stereocenters. The molecule has 2 rings (SSSR count). The van der Waals surface area contributed by atoms with Crippen molar-refractivity contribution in [3.05, 3.63) is 38.0 Å². The standard InChI is InChI=1S/C10H10N5O2/c1-3-6-7(15(16)17)4-5(2)8-9(6)13-10(12-8)14-11/h4,11H,3H2,1-2H3/q+1. The molecule has 0 amide bonds. The second-order valence-electron chi connectivity index (χ2n) is 3.63. The highest BCUT2D eigenvalue weighted by Crippen LogP contribution is 2.15. The fraction of sp³-hybridized carbons (Fsp3) is 0.300. The topological polar surface area (TPSA) is 106 Å². The molecule has 1 aliphatic rings. The molecule has 0 fully saturated rings. The Labute approximate surface area is 95.9 Å². The largest absolute Gasteiger partial charge is 0.546 e. The summed E-state index contributed by atoms with van der Waals surface area (Å²) in [6.07, 6.45) is 0.489. The average molecular weight is 232 g/mol. The maximum absolute atomic E-state index is 10.9. The molecule has 1 aromatic rings. The lowest BCUT2D eigenvalue weighted by Gasteiger charge is -1.98. The van der Waals surface area contributed by atoms with E-state index >= 15 is 0 Å². The van der Waals surface area contributed by atoms with Crippen LogP contribution >= 0.6 is 0 Å². The van der Waals surface area contributed by atoms with Crippen molar-refractivity contribution in [2.75, 3.05) is 0 Å². The monoisotopic (exact) mass is 232 g/mol. The Balaban J connectivity index is 2.95. The van der Waals surface area contributed by atoms with Crippen molar-refractivity contribution >= 4 is 11.6 Å². The Bertz CT molecular complexity index is 686. The Morgan fingerprint density at radius 1 is 1.47 bits per heavy atom. The van der Waals surface area contributed by atoms with Gasteiger partial charge in [-0.1, -0.05) is 12.5 Å². The first-order valence-electron chi connectivity index (χ1n) is 5.07. The van der Waals surface area contributed by atoms with Crippen LogP contribution in [0.15, 0.2) is 16.1 Å². The highest BCUT2D eigenvalue weighted by Gasteiger charge is 2.26. The summed E-state index contributed by atoms with van der Waals surface area (Å²) >= 11 is 0. The molecule has 0 aromatic heterocycles. The van der Waals surface area contributed by atoms with Gasteiger partial charge in [0.1, 0.15) is 0 Å². The summed E-state index contributed by atoms with van der Waals surface area (Å²) in [5.41, 5.74) is 8.14. The summed E-state index contributed by atoms with van der Waals surface area (Å²) in [6.45, 7) is 3.56. The molecule has 0 aliphatic carbocycles. The normalized spacial score (nSPS) is 12.5. The maximum atomic E-state index is 10.9. The van der Waals surface area contributed by atoms with Gasteiger partial charge in [-0.25, -0.2) is 0 Å². The minimum atomic E-state index is -0.419. The number of nitro benzene ring substituents is 1. The minimum absolute atomic E-state index is 0.0401. The van der Waals surface area contributed by atoms with Gasteiger partial charge in [-0.05, 0) is 23.3 Å². The summed E-state index contributed by atoms with van der Waals surface area (Å²) in [5.74, 6) is 0.0401. The van der Waals surface area contributed by atoms with Crippen molar-refractivity contribution in [1.82, 2.24) is 0 Å². The molecule has 1 N–H and O–H groups in total. The SMILES string of the molecule is CCc1c([N+](=O)[O-])cc(C)c2c1=NC(=[N+]=N)N=2. The molecule has 86 valence electrons. The van der Waals surface area contributed by atoms with E-state index in [1.165, 1.54) is 6.07 Å². The van der Waals surface area contributed by atoms with Crippen molar-refractivity contribution in [3.8, 4) is 0 Å². The van der Waals surface area contributed by atoms with Crippen LogP contribution in [0.4, 0.5) is 5.69 Å². The van der Waals surface area contributed by atoms with Gasteiger partial charge < -0.3 is 0 Å². The first-order chi connectivity index (χ1) is 8.08. The summed E-state index contributed by atoms with van der Waals surface area (Å²) in [6, 6.07) is 1.49. The first-order valence-corrected chi connectivity index (χ1v) is 5.07. The number of hydrogen-bond donors (Lipinski definition) is 1. The summed E-state index contributed by atoms with van der Waals surface area (Å²) in [4.78, 5) is 21.8. The predicted molar refractivity (Wildman–Crippen MR) is 57.5 cm³/mol. The lowest BCUT2D eigenvalue weighted by molar-refractivity contribution is -0.385. The fourth-order valence-corrected chi connectivity index (χ4v) is 1.86. The van der Waals surface area contributed by atoms with Crippen molar-refractivity contribution in [1.29, 1.82) is 5.53 Å². The summed E-state index contributed by atoms with van der Waals surface area (Å²) in [7, 11) is 0. The molecule has 7 nitrogen and oxygen atoms in total. The van der Waals surface area contributed by atoms with E-state index in [0.29, 0.717) is 28.3 Å². The van der Waals surface area contributed by atoms with Gasteiger partial charge in [0.05, 0.1) is 10.5 Å². The zero-order valence-electron chi connectivity index (χ0n) is 9.39. The maximum Gasteiger partial charge on any atom is 0.546 e. The highest BCUT2D eigenvalue weighted by molar-refractivity contribution is 5.78. The fourth-order valence-electron chi connectivity index (χ4n) is 1.86. The van der Waals surface area contributed by atoms with Crippen LogP contribution in [0, 0.1) is 22.6 Å². The molecule has 0 saturated heterocycles. The molecule has 1 aromatic carbocycles. The number of guanidine groups is 1. The van der Waals surface area contributed by atoms with Gasteiger partial charge in [-0.3, -0.25) is 10.1 Å². The third-order valence-electron chi connectivity index (χ3n) is 2.62. The zero-order chi connectivity index (χ0) is 12.6.